The molecule has 0 radical (unpaired) electrons. The minimum atomic E-state index is -0.820. The second-order valence-corrected chi connectivity index (χ2v) is 5.96. The summed E-state index contributed by atoms with van der Waals surface area (Å²) in [7, 11) is 1.82. The van der Waals surface area contributed by atoms with E-state index in [1.54, 1.807) is 17.0 Å². The van der Waals surface area contributed by atoms with Crippen molar-refractivity contribution in [2.24, 2.45) is 0 Å². The van der Waals surface area contributed by atoms with Gasteiger partial charge >= 0.3 is 5.97 Å². The number of unbranched alkanes of at least 4 members (excludes halogenated alkanes) is 2. The summed E-state index contributed by atoms with van der Waals surface area (Å²) in [5.41, 5.74) is 0.973. The second-order valence-electron chi connectivity index (χ2n) is 5.96. The lowest BCUT2D eigenvalue weighted by atomic mass is 10.1. The Labute approximate surface area is 147 Å². The Morgan fingerprint density at radius 1 is 1.20 bits per heavy atom. The van der Waals surface area contributed by atoms with E-state index in [0.717, 1.165) is 24.2 Å². The van der Waals surface area contributed by atoms with Crippen LogP contribution in [-0.2, 0) is 11.3 Å². The van der Waals surface area contributed by atoms with Gasteiger partial charge in [0.25, 0.3) is 0 Å². The van der Waals surface area contributed by atoms with Gasteiger partial charge in [0.2, 0.25) is 0 Å². The first-order valence-electron chi connectivity index (χ1n) is 8.42. The van der Waals surface area contributed by atoms with Gasteiger partial charge in [-0.25, -0.2) is 0 Å². The molecular weight excluding hydrogens is 322 g/mol. The molecule has 0 saturated heterocycles. The number of rotatable bonds is 11. The highest BCUT2D eigenvalue weighted by Crippen LogP contribution is 2.24. The largest absolute Gasteiger partial charge is 0.493 e. The number of carbonyl (C=O) groups is 1. The fraction of sp³-hybridized carbons (Fsp3) is 0.421. The Morgan fingerprint density at radius 3 is 2.72 bits per heavy atom. The lowest BCUT2D eigenvalue weighted by Gasteiger charge is -2.23. The Bertz CT molecular complexity index is 641. The molecule has 25 heavy (non-hydrogen) atoms. The van der Waals surface area contributed by atoms with E-state index < -0.39 is 12.2 Å². The molecule has 136 valence electrons. The number of aliphatic carboxylic acids is 1. The van der Waals surface area contributed by atoms with Crippen LogP contribution in [0.5, 0.6) is 5.75 Å². The first-order chi connectivity index (χ1) is 12.1. The van der Waals surface area contributed by atoms with E-state index in [-0.39, 0.29) is 6.42 Å². The number of ether oxygens (including phenoxy) is 1. The Hall–Kier alpha value is -2.31. The zero-order valence-corrected chi connectivity index (χ0v) is 14.4. The van der Waals surface area contributed by atoms with Crippen molar-refractivity contribution in [1.82, 2.24) is 4.90 Å². The van der Waals surface area contributed by atoms with E-state index in [4.69, 9.17) is 14.3 Å². The maximum atomic E-state index is 10.5. The molecule has 1 atom stereocenters. The van der Waals surface area contributed by atoms with E-state index in [1.807, 2.05) is 31.3 Å². The van der Waals surface area contributed by atoms with Gasteiger partial charge in [0.1, 0.15) is 11.5 Å². The third-order valence-corrected chi connectivity index (χ3v) is 3.90. The van der Waals surface area contributed by atoms with Gasteiger partial charge in [-0.15, -0.1) is 0 Å². The number of aliphatic hydroxyl groups excluding tert-OH is 1. The number of para-hydroxylation sites is 1. The molecule has 0 bridgehead atoms. The van der Waals surface area contributed by atoms with Gasteiger partial charge in [-0.05, 0) is 44.5 Å². The van der Waals surface area contributed by atoms with Crippen LogP contribution in [-0.4, -0.2) is 34.7 Å². The molecule has 6 nitrogen and oxygen atoms in total. The maximum absolute atomic E-state index is 10.5. The van der Waals surface area contributed by atoms with Crippen molar-refractivity contribution in [1.29, 1.82) is 0 Å². The number of hydrogen-bond donors (Lipinski definition) is 2. The van der Waals surface area contributed by atoms with Crippen molar-refractivity contribution >= 4 is 5.97 Å². The molecule has 0 fully saturated rings. The number of nitrogens with zero attached hydrogens (tertiary/aromatic N) is 1. The normalized spacial score (nSPS) is 12.3. The van der Waals surface area contributed by atoms with E-state index in [0.29, 0.717) is 25.3 Å². The van der Waals surface area contributed by atoms with Crippen molar-refractivity contribution in [2.75, 3.05) is 13.7 Å². The number of carboxylic acid groups (broad SMARTS) is 1. The summed E-state index contributed by atoms with van der Waals surface area (Å²) in [6.07, 6.45) is 3.22. The fourth-order valence-electron chi connectivity index (χ4n) is 2.52. The van der Waals surface area contributed by atoms with Crippen LogP contribution in [0.15, 0.2) is 47.1 Å². The fourth-order valence-corrected chi connectivity index (χ4v) is 2.52. The third kappa shape index (κ3) is 6.25. The summed E-state index contributed by atoms with van der Waals surface area (Å²) >= 11 is 0. The predicted molar refractivity (Wildman–Crippen MR) is 93.2 cm³/mol. The summed E-state index contributed by atoms with van der Waals surface area (Å²) in [4.78, 5) is 12.2. The average molecular weight is 347 g/mol. The molecule has 6 heteroatoms. The molecule has 1 aromatic carbocycles. The summed E-state index contributed by atoms with van der Waals surface area (Å²) < 4.78 is 11.1. The molecule has 1 aromatic heterocycles. The smallest absolute Gasteiger partial charge is 0.303 e. The molecule has 0 aliphatic heterocycles. The molecule has 0 aliphatic rings. The van der Waals surface area contributed by atoms with E-state index in [2.05, 4.69) is 0 Å². The lowest BCUT2D eigenvalue weighted by Crippen LogP contribution is -2.23. The number of hydrogen-bond acceptors (Lipinski definition) is 5. The highest BCUT2D eigenvalue weighted by molar-refractivity contribution is 5.66. The molecular formula is C19H25NO5. The van der Waals surface area contributed by atoms with Crippen LogP contribution in [0.1, 0.15) is 43.2 Å². The number of aliphatic hydroxyl groups is 1. The van der Waals surface area contributed by atoms with Gasteiger partial charge in [0, 0.05) is 18.5 Å². The number of benzene rings is 1. The summed E-state index contributed by atoms with van der Waals surface area (Å²) in [6, 6.07) is 11.2. The molecule has 1 heterocycles. The van der Waals surface area contributed by atoms with Crippen LogP contribution in [0.2, 0.25) is 0 Å². The van der Waals surface area contributed by atoms with Crippen LogP contribution in [0.3, 0.4) is 0 Å². The Kier molecular flexibility index (Phi) is 7.50. The highest BCUT2D eigenvalue weighted by atomic mass is 16.5. The highest BCUT2D eigenvalue weighted by Gasteiger charge is 2.17. The number of carboxylic acids is 1. The maximum Gasteiger partial charge on any atom is 0.303 e. The Balaban J connectivity index is 1.84. The minimum Gasteiger partial charge on any atom is -0.493 e. The lowest BCUT2D eigenvalue weighted by molar-refractivity contribution is -0.137. The van der Waals surface area contributed by atoms with Crippen LogP contribution in [0.4, 0.5) is 0 Å². The molecule has 2 rings (SSSR count). The van der Waals surface area contributed by atoms with Gasteiger partial charge < -0.3 is 19.4 Å². The monoisotopic (exact) mass is 347 g/mol. The predicted octanol–water partition coefficient (Wildman–Crippen LogP) is 3.43. The Morgan fingerprint density at radius 2 is 2.00 bits per heavy atom. The van der Waals surface area contributed by atoms with E-state index >= 15 is 0 Å². The molecule has 0 amide bonds. The van der Waals surface area contributed by atoms with E-state index in [9.17, 15) is 9.90 Å². The minimum absolute atomic E-state index is 0.200. The SMILES string of the molecule is CN(Cc1ccccc1OCCCCCC(=O)O)C(O)c1ccco1. The van der Waals surface area contributed by atoms with Crippen molar-refractivity contribution in [3.05, 3.63) is 54.0 Å². The van der Waals surface area contributed by atoms with Crippen LogP contribution >= 0.6 is 0 Å². The quantitative estimate of drug-likeness (QED) is 0.479. The molecule has 0 saturated carbocycles. The average Bonchev–Trinajstić information content (AvgIpc) is 3.12. The van der Waals surface area contributed by atoms with Gasteiger partial charge in [-0.3, -0.25) is 9.69 Å². The summed E-state index contributed by atoms with van der Waals surface area (Å²) in [5.74, 6) is 0.517. The summed E-state index contributed by atoms with van der Waals surface area (Å²) in [6.45, 7) is 1.05. The first kappa shape index (κ1) is 19.0. The first-order valence-corrected chi connectivity index (χ1v) is 8.42. The molecule has 0 aliphatic carbocycles. The van der Waals surface area contributed by atoms with Gasteiger partial charge in [-0.2, -0.15) is 0 Å². The second kappa shape index (κ2) is 9.86. The molecule has 2 aromatic rings. The molecule has 0 spiro atoms. The van der Waals surface area contributed by atoms with Gasteiger partial charge in [0.05, 0.1) is 12.9 Å². The standard InChI is InChI=1S/C19H25NO5/c1-20(19(23)17-10-7-13-25-17)14-15-8-4-5-9-16(15)24-12-6-2-3-11-18(21)22/h4-5,7-10,13,19,23H,2-3,6,11-12,14H2,1H3,(H,21,22). The molecule has 1 unspecified atom stereocenters. The van der Waals surface area contributed by atoms with Gasteiger partial charge in [0.15, 0.2) is 6.23 Å². The van der Waals surface area contributed by atoms with Crippen LogP contribution < -0.4 is 4.74 Å². The van der Waals surface area contributed by atoms with Crippen LogP contribution in [0, 0.1) is 0 Å². The van der Waals surface area contributed by atoms with Crippen molar-refractivity contribution in [3.63, 3.8) is 0 Å². The number of furan rings is 1. The van der Waals surface area contributed by atoms with Crippen molar-refractivity contribution < 1.29 is 24.2 Å². The van der Waals surface area contributed by atoms with Gasteiger partial charge in [-0.1, -0.05) is 18.2 Å². The molecule has 2 N–H and O–H groups in total. The topological polar surface area (TPSA) is 83.1 Å². The van der Waals surface area contributed by atoms with Crippen molar-refractivity contribution in [3.8, 4) is 5.75 Å². The third-order valence-electron chi connectivity index (χ3n) is 3.90. The van der Waals surface area contributed by atoms with Crippen LogP contribution in [0.25, 0.3) is 0 Å². The van der Waals surface area contributed by atoms with E-state index in [1.165, 1.54) is 6.26 Å². The zero-order chi connectivity index (χ0) is 18.1. The zero-order valence-electron chi connectivity index (χ0n) is 14.4. The van der Waals surface area contributed by atoms with Crippen molar-refractivity contribution in [2.45, 2.75) is 38.5 Å². The summed E-state index contributed by atoms with van der Waals surface area (Å²) in [5, 5.41) is 18.9.